The van der Waals surface area contributed by atoms with Crippen molar-refractivity contribution >= 4 is 11.6 Å². The molecule has 1 aliphatic rings. The second kappa shape index (κ2) is 13.0. The van der Waals surface area contributed by atoms with E-state index >= 15 is 0 Å². The van der Waals surface area contributed by atoms with E-state index in [9.17, 15) is 14.7 Å². The first-order valence-electron chi connectivity index (χ1n) is 11.1. The van der Waals surface area contributed by atoms with Gasteiger partial charge < -0.3 is 10.4 Å². The van der Waals surface area contributed by atoms with E-state index in [2.05, 4.69) is 12.2 Å². The Morgan fingerprint density at radius 1 is 0.828 bits per heavy atom. The van der Waals surface area contributed by atoms with Crippen LogP contribution in [0, 0.1) is 0 Å². The number of hydrogen-bond donors (Lipinski definition) is 2. The maximum atomic E-state index is 12.2. The minimum absolute atomic E-state index is 0.0535. The summed E-state index contributed by atoms with van der Waals surface area (Å²) in [6.07, 6.45) is 13.1. The molecule has 0 unspecified atom stereocenters. The van der Waals surface area contributed by atoms with Crippen LogP contribution in [0.2, 0.25) is 0 Å². The number of Topliss-reactive ketones (excluding diaryl/α,β-unsaturated/α-hetero) is 1. The molecule has 158 valence electrons. The lowest BCUT2D eigenvalue weighted by atomic mass is 9.93. The van der Waals surface area contributed by atoms with Gasteiger partial charge in [0.1, 0.15) is 5.76 Å². The molecule has 0 aromatic heterocycles. The lowest BCUT2D eigenvalue weighted by Gasteiger charge is -2.18. The van der Waals surface area contributed by atoms with E-state index in [1.54, 1.807) is 0 Å². The molecular weight excluding hydrogens is 362 g/mol. The van der Waals surface area contributed by atoms with Crippen LogP contribution in [0.15, 0.2) is 53.4 Å². The molecule has 29 heavy (non-hydrogen) atoms. The van der Waals surface area contributed by atoms with Crippen LogP contribution in [-0.2, 0) is 16.0 Å². The maximum Gasteiger partial charge on any atom is 0.232 e. The van der Waals surface area contributed by atoms with Crippen LogP contribution >= 0.6 is 0 Å². The molecule has 0 saturated heterocycles. The number of carbonyl (C=O) groups is 2. The number of nitrogens with one attached hydrogen (secondary N) is 1. The van der Waals surface area contributed by atoms with Gasteiger partial charge in [-0.25, -0.2) is 0 Å². The van der Waals surface area contributed by atoms with Gasteiger partial charge in [0.15, 0.2) is 0 Å². The van der Waals surface area contributed by atoms with Crippen LogP contribution in [0.5, 0.6) is 0 Å². The number of carbonyl (C=O) groups excluding carboxylic acids is 2. The number of hydrogen-bond acceptors (Lipinski definition) is 4. The number of aliphatic hydroxyl groups is 1. The quantitative estimate of drug-likeness (QED) is 0.244. The van der Waals surface area contributed by atoms with Crippen molar-refractivity contribution in [2.24, 2.45) is 0 Å². The average Bonchev–Trinajstić information content (AvgIpc) is 2.73. The number of ketones is 2. The predicted molar refractivity (Wildman–Crippen MR) is 118 cm³/mol. The molecule has 0 saturated carbocycles. The van der Waals surface area contributed by atoms with Gasteiger partial charge in [0, 0.05) is 18.2 Å². The van der Waals surface area contributed by atoms with Crippen LogP contribution in [0.1, 0.15) is 76.7 Å². The third-order valence-corrected chi connectivity index (χ3v) is 5.42. The highest BCUT2D eigenvalue weighted by molar-refractivity contribution is 6.48. The number of benzene rings is 1. The van der Waals surface area contributed by atoms with E-state index in [1.807, 2.05) is 30.3 Å². The van der Waals surface area contributed by atoms with Gasteiger partial charge in [0.25, 0.3) is 0 Å². The van der Waals surface area contributed by atoms with E-state index in [0.717, 1.165) is 25.7 Å². The van der Waals surface area contributed by atoms with Crippen LogP contribution in [0.3, 0.4) is 0 Å². The summed E-state index contributed by atoms with van der Waals surface area (Å²) in [5.41, 5.74) is 1.82. The fraction of sp³-hybridized carbons (Fsp3) is 0.520. The summed E-state index contributed by atoms with van der Waals surface area (Å²) in [4.78, 5) is 24.2. The van der Waals surface area contributed by atoms with Crippen molar-refractivity contribution in [2.75, 3.05) is 6.54 Å². The van der Waals surface area contributed by atoms with E-state index in [1.165, 1.54) is 50.2 Å². The predicted octanol–water partition coefficient (Wildman–Crippen LogP) is 5.59. The van der Waals surface area contributed by atoms with Crippen LogP contribution < -0.4 is 5.32 Å². The van der Waals surface area contributed by atoms with Gasteiger partial charge in [-0.2, -0.15) is 0 Å². The molecule has 0 heterocycles. The lowest BCUT2D eigenvalue weighted by molar-refractivity contribution is -0.132. The summed E-state index contributed by atoms with van der Waals surface area (Å²) in [6, 6.07) is 10.0. The van der Waals surface area contributed by atoms with Crippen molar-refractivity contribution in [1.29, 1.82) is 0 Å². The van der Waals surface area contributed by atoms with Gasteiger partial charge in [-0.15, -0.1) is 0 Å². The van der Waals surface area contributed by atoms with Crippen molar-refractivity contribution in [3.05, 3.63) is 59.0 Å². The first-order chi connectivity index (χ1) is 14.1. The Morgan fingerprint density at radius 2 is 1.45 bits per heavy atom. The van der Waals surface area contributed by atoms with Gasteiger partial charge in [-0.3, -0.25) is 9.59 Å². The third kappa shape index (κ3) is 7.88. The fourth-order valence-electron chi connectivity index (χ4n) is 3.65. The summed E-state index contributed by atoms with van der Waals surface area (Å²) in [5, 5.41) is 13.6. The zero-order chi connectivity index (χ0) is 20.9. The second-order valence-corrected chi connectivity index (χ2v) is 7.82. The first-order valence-corrected chi connectivity index (χ1v) is 11.1. The number of aliphatic hydroxyl groups excluding tert-OH is 1. The van der Waals surface area contributed by atoms with Gasteiger partial charge in [-0.1, -0.05) is 88.6 Å². The average molecular weight is 398 g/mol. The van der Waals surface area contributed by atoms with Gasteiger partial charge in [0.05, 0.1) is 5.70 Å². The molecule has 1 aromatic rings. The van der Waals surface area contributed by atoms with Crippen molar-refractivity contribution in [3.63, 3.8) is 0 Å². The second-order valence-electron chi connectivity index (χ2n) is 7.82. The molecule has 2 rings (SSSR count). The minimum Gasteiger partial charge on any atom is -0.505 e. The molecule has 0 fully saturated rings. The minimum atomic E-state index is -0.560. The van der Waals surface area contributed by atoms with E-state index < -0.39 is 11.6 Å². The summed E-state index contributed by atoms with van der Waals surface area (Å²) in [7, 11) is 0. The zero-order valence-corrected chi connectivity index (χ0v) is 17.7. The Balaban J connectivity index is 1.76. The SMILES string of the molecule is CCCCCCCCCCCC1=C(O)C(NCCc2ccccc2)=CC(=O)C1=O. The molecule has 0 spiro atoms. The highest BCUT2D eigenvalue weighted by atomic mass is 16.3. The summed E-state index contributed by atoms with van der Waals surface area (Å²) in [6.45, 7) is 2.81. The summed E-state index contributed by atoms with van der Waals surface area (Å²) in [5.74, 6) is -1.16. The fourth-order valence-corrected chi connectivity index (χ4v) is 3.65. The molecule has 1 aromatic carbocycles. The molecule has 0 aliphatic heterocycles. The lowest BCUT2D eigenvalue weighted by Crippen LogP contribution is -2.28. The molecular formula is C25H35NO3. The molecule has 0 radical (unpaired) electrons. The summed E-state index contributed by atoms with van der Waals surface area (Å²) >= 11 is 0. The monoisotopic (exact) mass is 397 g/mol. The van der Waals surface area contributed by atoms with E-state index in [-0.39, 0.29) is 11.3 Å². The van der Waals surface area contributed by atoms with Gasteiger partial charge in [0.2, 0.25) is 11.6 Å². The van der Waals surface area contributed by atoms with Crippen molar-refractivity contribution in [2.45, 2.75) is 77.6 Å². The van der Waals surface area contributed by atoms with Gasteiger partial charge >= 0.3 is 0 Å². The van der Waals surface area contributed by atoms with E-state index in [0.29, 0.717) is 18.7 Å². The highest BCUT2D eigenvalue weighted by Gasteiger charge is 2.28. The first kappa shape index (κ1) is 22.9. The maximum absolute atomic E-state index is 12.2. The number of allylic oxidation sites excluding steroid dienone is 2. The molecule has 0 bridgehead atoms. The van der Waals surface area contributed by atoms with Crippen LogP contribution in [0.4, 0.5) is 0 Å². The smallest absolute Gasteiger partial charge is 0.232 e. The zero-order valence-electron chi connectivity index (χ0n) is 17.7. The van der Waals surface area contributed by atoms with E-state index in [4.69, 9.17) is 0 Å². The van der Waals surface area contributed by atoms with Crippen molar-refractivity contribution < 1.29 is 14.7 Å². The molecule has 4 heteroatoms. The third-order valence-electron chi connectivity index (χ3n) is 5.42. The Hall–Kier alpha value is -2.36. The Kier molecular flexibility index (Phi) is 10.3. The molecule has 0 atom stereocenters. The molecule has 1 aliphatic carbocycles. The van der Waals surface area contributed by atoms with Crippen molar-refractivity contribution in [3.8, 4) is 0 Å². The Bertz CT molecular complexity index is 719. The topological polar surface area (TPSA) is 66.4 Å². The number of rotatable bonds is 14. The number of unbranched alkanes of at least 4 members (excludes halogenated alkanes) is 8. The van der Waals surface area contributed by atoms with Crippen molar-refractivity contribution in [1.82, 2.24) is 5.32 Å². The molecule has 2 N–H and O–H groups in total. The standard InChI is InChI=1S/C25H35NO3/c1-2-3-4-5-6-7-8-9-13-16-21-24(28)22(19-23(27)25(21)29)26-18-17-20-14-11-10-12-15-20/h10-12,14-15,19,26,28H,2-9,13,16-18H2,1H3. The molecule has 0 amide bonds. The normalized spacial score (nSPS) is 14.3. The van der Waals surface area contributed by atoms with Crippen LogP contribution in [-0.4, -0.2) is 23.2 Å². The highest BCUT2D eigenvalue weighted by Crippen LogP contribution is 2.23. The Labute approximate surface area is 175 Å². The summed E-state index contributed by atoms with van der Waals surface area (Å²) < 4.78 is 0. The Morgan fingerprint density at radius 3 is 2.10 bits per heavy atom. The molecule has 4 nitrogen and oxygen atoms in total. The largest absolute Gasteiger partial charge is 0.505 e. The van der Waals surface area contributed by atoms with Gasteiger partial charge in [-0.05, 0) is 24.8 Å². The van der Waals surface area contributed by atoms with Crippen LogP contribution in [0.25, 0.3) is 0 Å².